The molecule has 1 unspecified atom stereocenters. The van der Waals surface area contributed by atoms with Crippen LogP contribution in [0.25, 0.3) is 0 Å². The molecular weight excluding hydrogens is 449 g/mol. The number of hydrogen-bond acceptors (Lipinski definition) is 4. The van der Waals surface area contributed by atoms with Crippen molar-refractivity contribution < 1.29 is 23.5 Å². The largest absolute Gasteiger partial charge is 0.495 e. The SMILES string of the molecule is COc1ccc(NC(=O)C(NC(=O)c2ccccc2C)C(C)C)cc1NC(=O)c1cccc(F)c1. The van der Waals surface area contributed by atoms with E-state index in [-0.39, 0.29) is 17.4 Å². The van der Waals surface area contributed by atoms with Crippen molar-refractivity contribution in [2.24, 2.45) is 5.92 Å². The van der Waals surface area contributed by atoms with E-state index in [0.29, 0.717) is 22.7 Å². The molecule has 8 heteroatoms. The van der Waals surface area contributed by atoms with Gasteiger partial charge in [-0.2, -0.15) is 0 Å². The molecule has 182 valence electrons. The van der Waals surface area contributed by atoms with Crippen LogP contribution < -0.4 is 20.7 Å². The van der Waals surface area contributed by atoms with Crippen LogP contribution in [0.5, 0.6) is 5.75 Å². The number of amides is 3. The molecule has 0 aromatic heterocycles. The minimum absolute atomic E-state index is 0.139. The highest BCUT2D eigenvalue weighted by atomic mass is 19.1. The fourth-order valence-electron chi connectivity index (χ4n) is 3.51. The van der Waals surface area contributed by atoms with E-state index in [1.54, 1.807) is 24.3 Å². The van der Waals surface area contributed by atoms with E-state index in [1.165, 1.54) is 31.4 Å². The lowest BCUT2D eigenvalue weighted by molar-refractivity contribution is -0.118. The quantitative estimate of drug-likeness (QED) is 0.435. The summed E-state index contributed by atoms with van der Waals surface area (Å²) in [6.45, 7) is 5.50. The molecule has 0 aliphatic rings. The molecule has 3 N–H and O–H groups in total. The van der Waals surface area contributed by atoms with Crippen molar-refractivity contribution in [2.45, 2.75) is 26.8 Å². The lowest BCUT2D eigenvalue weighted by Crippen LogP contribution is -2.47. The first-order chi connectivity index (χ1) is 16.7. The van der Waals surface area contributed by atoms with Crippen LogP contribution in [0, 0.1) is 18.7 Å². The number of halogens is 1. The zero-order chi connectivity index (χ0) is 25.5. The summed E-state index contributed by atoms with van der Waals surface area (Å²) in [4.78, 5) is 38.4. The molecule has 0 heterocycles. The third-order valence-corrected chi connectivity index (χ3v) is 5.43. The maximum atomic E-state index is 13.5. The molecule has 3 amide bonds. The predicted octanol–water partition coefficient (Wildman–Crippen LogP) is 4.79. The van der Waals surface area contributed by atoms with Gasteiger partial charge in [-0.1, -0.05) is 38.1 Å². The summed E-state index contributed by atoms with van der Waals surface area (Å²) in [5.74, 6) is -1.63. The van der Waals surface area contributed by atoms with Crippen LogP contribution >= 0.6 is 0 Å². The first-order valence-corrected chi connectivity index (χ1v) is 11.1. The molecule has 0 radical (unpaired) electrons. The van der Waals surface area contributed by atoms with Gasteiger partial charge in [-0.15, -0.1) is 0 Å². The lowest BCUT2D eigenvalue weighted by Gasteiger charge is -2.22. The van der Waals surface area contributed by atoms with E-state index in [2.05, 4.69) is 16.0 Å². The van der Waals surface area contributed by atoms with Gasteiger partial charge in [0.25, 0.3) is 11.8 Å². The Balaban J connectivity index is 1.77. The number of aryl methyl sites for hydroxylation is 1. The van der Waals surface area contributed by atoms with Crippen molar-refractivity contribution in [3.05, 3.63) is 89.2 Å². The Labute approximate surface area is 203 Å². The number of anilines is 2. The Hall–Kier alpha value is -4.20. The molecule has 0 fully saturated rings. The summed E-state index contributed by atoms with van der Waals surface area (Å²) >= 11 is 0. The molecule has 35 heavy (non-hydrogen) atoms. The van der Waals surface area contributed by atoms with Crippen molar-refractivity contribution in [3.63, 3.8) is 0 Å². The molecule has 3 aromatic carbocycles. The molecule has 0 spiro atoms. The molecule has 3 rings (SSSR count). The second-order valence-electron chi connectivity index (χ2n) is 8.38. The zero-order valence-corrected chi connectivity index (χ0v) is 20.0. The number of benzene rings is 3. The first kappa shape index (κ1) is 25.4. The van der Waals surface area contributed by atoms with Gasteiger partial charge < -0.3 is 20.7 Å². The minimum atomic E-state index is -0.797. The number of carbonyl (C=O) groups is 3. The first-order valence-electron chi connectivity index (χ1n) is 11.1. The van der Waals surface area contributed by atoms with Gasteiger partial charge in [-0.05, 0) is 60.9 Å². The highest BCUT2D eigenvalue weighted by molar-refractivity contribution is 6.06. The van der Waals surface area contributed by atoms with Crippen molar-refractivity contribution >= 4 is 29.1 Å². The summed E-state index contributed by atoms with van der Waals surface area (Å²) in [6, 6.07) is 16.4. The number of nitrogens with one attached hydrogen (secondary N) is 3. The summed E-state index contributed by atoms with van der Waals surface area (Å²) in [6.07, 6.45) is 0. The van der Waals surface area contributed by atoms with Gasteiger partial charge in [0.05, 0.1) is 12.8 Å². The van der Waals surface area contributed by atoms with Gasteiger partial charge >= 0.3 is 0 Å². The number of hydrogen-bond donors (Lipinski definition) is 3. The fourth-order valence-corrected chi connectivity index (χ4v) is 3.51. The second-order valence-corrected chi connectivity index (χ2v) is 8.38. The Morgan fingerprint density at radius 3 is 2.29 bits per heavy atom. The summed E-state index contributed by atoms with van der Waals surface area (Å²) in [5, 5.41) is 8.28. The van der Waals surface area contributed by atoms with E-state index in [4.69, 9.17) is 4.74 Å². The van der Waals surface area contributed by atoms with Crippen LogP contribution in [0.4, 0.5) is 15.8 Å². The van der Waals surface area contributed by atoms with Gasteiger partial charge in [0.2, 0.25) is 5.91 Å². The predicted molar refractivity (Wildman–Crippen MR) is 133 cm³/mol. The second kappa shape index (κ2) is 11.3. The zero-order valence-electron chi connectivity index (χ0n) is 20.0. The molecule has 0 saturated heterocycles. The molecule has 1 atom stereocenters. The Morgan fingerprint density at radius 1 is 0.886 bits per heavy atom. The summed E-state index contributed by atoms with van der Waals surface area (Å²) < 4.78 is 18.8. The minimum Gasteiger partial charge on any atom is -0.495 e. The topological polar surface area (TPSA) is 96.5 Å². The normalized spacial score (nSPS) is 11.5. The third kappa shape index (κ3) is 6.44. The highest BCUT2D eigenvalue weighted by Gasteiger charge is 2.25. The van der Waals surface area contributed by atoms with Crippen molar-refractivity contribution in [1.29, 1.82) is 0 Å². The van der Waals surface area contributed by atoms with Crippen molar-refractivity contribution in [3.8, 4) is 5.75 Å². The van der Waals surface area contributed by atoms with Crippen LogP contribution in [0.2, 0.25) is 0 Å². The van der Waals surface area contributed by atoms with Gasteiger partial charge in [0.15, 0.2) is 0 Å². The smallest absolute Gasteiger partial charge is 0.255 e. The molecule has 0 aliphatic carbocycles. The number of ether oxygens (including phenoxy) is 1. The maximum Gasteiger partial charge on any atom is 0.255 e. The number of methoxy groups -OCH3 is 1. The van der Waals surface area contributed by atoms with Crippen LogP contribution in [-0.2, 0) is 4.79 Å². The van der Waals surface area contributed by atoms with Crippen molar-refractivity contribution in [1.82, 2.24) is 5.32 Å². The summed E-state index contributed by atoms with van der Waals surface area (Å²) in [5.41, 5.74) is 2.13. The average molecular weight is 478 g/mol. The molecule has 0 saturated carbocycles. The monoisotopic (exact) mass is 477 g/mol. The highest BCUT2D eigenvalue weighted by Crippen LogP contribution is 2.28. The van der Waals surface area contributed by atoms with Gasteiger partial charge in [0.1, 0.15) is 17.6 Å². The van der Waals surface area contributed by atoms with Crippen LogP contribution in [0.15, 0.2) is 66.7 Å². The third-order valence-electron chi connectivity index (χ3n) is 5.43. The van der Waals surface area contributed by atoms with Crippen LogP contribution in [-0.4, -0.2) is 30.9 Å². The van der Waals surface area contributed by atoms with Gasteiger partial charge in [-0.3, -0.25) is 14.4 Å². The van der Waals surface area contributed by atoms with E-state index in [1.807, 2.05) is 32.9 Å². The van der Waals surface area contributed by atoms with Crippen molar-refractivity contribution in [2.75, 3.05) is 17.7 Å². The maximum absolute atomic E-state index is 13.5. The fraction of sp³-hybridized carbons (Fsp3) is 0.222. The van der Waals surface area contributed by atoms with Gasteiger partial charge in [0, 0.05) is 16.8 Å². The average Bonchev–Trinajstić information content (AvgIpc) is 2.82. The van der Waals surface area contributed by atoms with Crippen LogP contribution in [0.3, 0.4) is 0 Å². The molecule has 0 aliphatic heterocycles. The van der Waals surface area contributed by atoms with E-state index >= 15 is 0 Å². The Kier molecular flexibility index (Phi) is 8.20. The molecule has 7 nitrogen and oxygen atoms in total. The summed E-state index contributed by atoms with van der Waals surface area (Å²) in [7, 11) is 1.45. The lowest BCUT2D eigenvalue weighted by atomic mass is 10.0. The van der Waals surface area contributed by atoms with E-state index < -0.39 is 23.7 Å². The van der Waals surface area contributed by atoms with E-state index in [9.17, 15) is 18.8 Å². The molecular formula is C27H28FN3O4. The Bertz CT molecular complexity index is 1240. The molecule has 3 aromatic rings. The number of rotatable bonds is 8. The molecule has 0 bridgehead atoms. The standard InChI is InChI=1S/C27H28FN3O4/c1-16(2)24(31-26(33)21-11-6-5-8-17(21)3)27(34)29-20-12-13-23(35-4)22(15-20)30-25(32)18-9-7-10-19(28)14-18/h5-16,24H,1-4H3,(H,29,34)(H,30,32)(H,31,33). The van der Waals surface area contributed by atoms with E-state index in [0.717, 1.165) is 11.6 Å². The number of carbonyl (C=O) groups excluding carboxylic acids is 3. The Morgan fingerprint density at radius 2 is 1.63 bits per heavy atom. The van der Waals surface area contributed by atoms with Gasteiger partial charge in [-0.25, -0.2) is 4.39 Å². The van der Waals surface area contributed by atoms with Crippen LogP contribution in [0.1, 0.15) is 40.1 Å².